The normalized spacial score (nSPS) is 12.1. The zero-order chi connectivity index (χ0) is 19.2. The number of nitrogens with one attached hydrogen (secondary N) is 1. The molecular formula is C17H25NO7. The van der Waals surface area contributed by atoms with Crippen molar-refractivity contribution >= 4 is 12.1 Å². The van der Waals surface area contributed by atoms with Gasteiger partial charge in [-0.25, -0.2) is 4.79 Å². The second kappa shape index (κ2) is 8.46. The monoisotopic (exact) mass is 355 g/mol. The third kappa shape index (κ3) is 6.06. The van der Waals surface area contributed by atoms with Gasteiger partial charge in [0.1, 0.15) is 22.8 Å². The van der Waals surface area contributed by atoms with E-state index in [9.17, 15) is 14.7 Å². The Kier molecular flexibility index (Phi) is 6.90. The summed E-state index contributed by atoms with van der Waals surface area (Å²) >= 11 is 0. The summed E-state index contributed by atoms with van der Waals surface area (Å²) in [5, 5.41) is 11.8. The first kappa shape index (κ1) is 20.4. The molecule has 1 aromatic rings. The average molecular weight is 355 g/mol. The molecule has 0 fully saturated rings. The van der Waals surface area contributed by atoms with Gasteiger partial charge in [0.15, 0.2) is 0 Å². The summed E-state index contributed by atoms with van der Waals surface area (Å²) in [4.78, 5) is 23.4. The van der Waals surface area contributed by atoms with E-state index in [1.165, 1.54) is 21.3 Å². The van der Waals surface area contributed by atoms with Gasteiger partial charge in [0.05, 0.1) is 39.4 Å². The molecule has 0 unspecified atom stereocenters. The van der Waals surface area contributed by atoms with Crippen LogP contribution >= 0.6 is 0 Å². The van der Waals surface area contributed by atoms with Gasteiger partial charge in [-0.05, 0) is 20.8 Å². The van der Waals surface area contributed by atoms with Crippen LogP contribution in [0, 0.1) is 0 Å². The van der Waals surface area contributed by atoms with Gasteiger partial charge in [0.2, 0.25) is 0 Å². The van der Waals surface area contributed by atoms with Gasteiger partial charge in [-0.2, -0.15) is 0 Å². The Balaban J connectivity index is 3.30. The molecular weight excluding hydrogens is 330 g/mol. The molecule has 0 aromatic heterocycles. The van der Waals surface area contributed by atoms with Crippen molar-refractivity contribution in [3.63, 3.8) is 0 Å². The smallest absolute Gasteiger partial charge is 0.408 e. The topological polar surface area (TPSA) is 103 Å². The van der Waals surface area contributed by atoms with Crippen molar-refractivity contribution in [2.24, 2.45) is 0 Å². The van der Waals surface area contributed by atoms with E-state index in [2.05, 4.69) is 5.32 Å². The van der Waals surface area contributed by atoms with Crippen molar-refractivity contribution < 1.29 is 33.6 Å². The minimum atomic E-state index is -1.10. The van der Waals surface area contributed by atoms with Gasteiger partial charge >= 0.3 is 12.1 Å². The number of benzene rings is 1. The summed E-state index contributed by atoms with van der Waals surface area (Å²) in [6, 6.07) is 2.26. The fourth-order valence-electron chi connectivity index (χ4n) is 2.23. The molecule has 1 aromatic carbocycles. The summed E-state index contributed by atoms with van der Waals surface area (Å²) in [6.45, 7) is 5.15. The number of aliphatic carboxylic acids is 1. The first-order valence-electron chi connectivity index (χ1n) is 7.62. The van der Waals surface area contributed by atoms with Gasteiger partial charge in [-0.3, -0.25) is 4.79 Å². The molecule has 140 valence electrons. The van der Waals surface area contributed by atoms with E-state index in [1.54, 1.807) is 32.9 Å². The highest BCUT2D eigenvalue weighted by Crippen LogP contribution is 2.39. The van der Waals surface area contributed by atoms with Crippen LogP contribution in [0.2, 0.25) is 0 Å². The molecule has 1 atom stereocenters. The number of hydrogen-bond donors (Lipinski definition) is 2. The van der Waals surface area contributed by atoms with Crippen LogP contribution in [0.5, 0.6) is 17.2 Å². The van der Waals surface area contributed by atoms with Crippen LogP contribution in [0.1, 0.15) is 38.8 Å². The van der Waals surface area contributed by atoms with E-state index < -0.39 is 23.7 Å². The lowest BCUT2D eigenvalue weighted by molar-refractivity contribution is -0.137. The number of methoxy groups -OCH3 is 3. The molecule has 0 saturated carbocycles. The summed E-state index contributed by atoms with van der Waals surface area (Å²) in [6.07, 6.45) is -1.11. The van der Waals surface area contributed by atoms with Crippen molar-refractivity contribution in [3.05, 3.63) is 17.7 Å². The number of carbonyl (C=O) groups is 2. The number of carbonyl (C=O) groups excluding carboxylic acids is 1. The lowest BCUT2D eigenvalue weighted by Gasteiger charge is -2.25. The maximum absolute atomic E-state index is 12.1. The molecule has 0 aliphatic rings. The molecule has 0 spiro atoms. The molecule has 1 rings (SSSR count). The molecule has 0 aliphatic carbocycles. The van der Waals surface area contributed by atoms with Gasteiger partial charge in [-0.15, -0.1) is 0 Å². The Morgan fingerprint density at radius 2 is 1.60 bits per heavy atom. The lowest BCUT2D eigenvalue weighted by Crippen LogP contribution is -2.36. The van der Waals surface area contributed by atoms with Crippen LogP contribution < -0.4 is 19.5 Å². The zero-order valence-electron chi connectivity index (χ0n) is 15.3. The Morgan fingerprint density at radius 1 is 1.08 bits per heavy atom. The average Bonchev–Trinajstić information content (AvgIpc) is 2.50. The Hall–Kier alpha value is -2.64. The highest BCUT2D eigenvalue weighted by molar-refractivity contribution is 5.73. The van der Waals surface area contributed by atoms with Crippen LogP contribution in [-0.4, -0.2) is 44.1 Å². The van der Waals surface area contributed by atoms with E-state index in [1.807, 2.05) is 0 Å². The zero-order valence-corrected chi connectivity index (χ0v) is 15.3. The van der Waals surface area contributed by atoms with Crippen LogP contribution in [-0.2, 0) is 9.53 Å². The van der Waals surface area contributed by atoms with Gasteiger partial charge in [0, 0.05) is 12.1 Å². The number of ether oxygens (including phenoxy) is 4. The molecule has 0 bridgehead atoms. The molecule has 0 saturated heterocycles. The third-order valence-electron chi connectivity index (χ3n) is 3.17. The van der Waals surface area contributed by atoms with Crippen molar-refractivity contribution in [3.8, 4) is 17.2 Å². The van der Waals surface area contributed by atoms with Crippen LogP contribution in [0.25, 0.3) is 0 Å². The quantitative estimate of drug-likeness (QED) is 0.775. The number of amides is 1. The minimum absolute atomic E-state index is 0.332. The van der Waals surface area contributed by atoms with Crippen LogP contribution in [0.3, 0.4) is 0 Å². The third-order valence-corrected chi connectivity index (χ3v) is 3.17. The first-order chi connectivity index (χ1) is 11.6. The fraction of sp³-hybridized carbons (Fsp3) is 0.529. The number of carboxylic acid groups (broad SMARTS) is 1. The number of rotatable bonds is 7. The number of hydrogen-bond acceptors (Lipinski definition) is 6. The fourth-order valence-corrected chi connectivity index (χ4v) is 2.23. The van der Waals surface area contributed by atoms with Gasteiger partial charge in [-0.1, -0.05) is 0 Å². The molecule has 2 N–H and O–H groups in total. The van der Waals surface area contributed by atoms with E-state index in [0.29, 0.717) is 22.8 Å². The standard InChI is InChI=1S/C17H25NO7/c1-17(2,3)25-16(21)18-11(9-14(19)20)15-12(23-5)7-10(22-4)8-13(15)24-6/h7-8,11H,9H2,1-6H3,(H,18,21)(H,19,20)/t11-/m0/s1. The van der Waals surface area contributed by atoms with Crippen LogP contribution in [0.15, 0.2) is 12.1 Å². The van der Waals surface area contributed by atoms with Crippen LogP contribution in [0.4, 0.5) is 4.79 Å². The second-order valence-electron chi connectivity index (χ2n) is 6.24. The summed E-state index contributed by atoms with van der Waals surface area (Å²) in [7, 11) is 4.35. The van der Waals surface area contributed by atoms with E-state index >= 15 is 0 Å². The van der Waals surface area contributed by atoms with E-state index in [4.69, 9.17) is 18.9 Å². The molecule has 25 heavy (non-hydrogen) atoms. The first-order valence-corrected chi connectivity index (χ1v) is 7.62. The van der Waals surface area contributed by atoms with E-state index in [-0.39, 0.29) is 6.42 Å². The number of carboxylic acids is 1. The predicted molar refractivity (Wildman–Crippen MR) is 90.5 cm³/mol. The molecule has 8 nitrogen and oxygen atoms in total. The van der Waals surface area contributed by atoms with Crippen molar-refractivity contribution in [1.82, 2.24) is 5.32 Å². The molecule has 0 heterocycles. The summed E-state index contributed by atoms with van der Waals surface area (Å²) < 4.78 is 21.0. The lowest BCUT2D eigenvalue weighted by atomic mass is 10.0. The molecule has 1 amide bonds. The maximum Gasteiger partial charge on any atom is 0.408 e. The molecule has 8 heteroatoms. The Labute approximate surface area is 147 Å². The predicted octanol–water partition coefficient (Wildman–Crippen LogP) is 2.75. The van der Waals surface area contributed by atoms with E-state index in [0.717, 1.165) is 0 Å². The highest BCUT2D eigenvalue weighted by atomic mass is 16.6. The van der Waals surface area contributed by atoms with Crippen molar-refractivity contribution in [1.29, 1.82) is 0 Å². The Morgan fingerprint density at radius 3 is 1.96 bits per heavy atom. The maximum atomic E-state index is 12.1. The number of alkyl carbamates (subject to hydrolysis) is 1. The summed E-state index contributed by atoms with van der Waals surface area (Å²) in [5.74, 6) is 0.0433. The van der Waals surface area contributed by atoms with Crippen molar-refractivity contribution in [2.45, 2.75) is 38.8 Å². The second-order valence-corrected chi connectivity index (χ2v) is 6.24. The van der Waals surface area contributed by atoms with Gasteiger partial charge in [0.25, 0.3) is 0 Å². The van der Waals surface area contributed by atoms with Crippen molar-refractivity contribution in [2.75, 3.05) is 21.3 Å². The SMILES string of the molecule is COc1cc(OC)c([C@H](CC(=O)O)NC(=O)OC(C)(C)C)c(OC)c1. The largest absolute Gasteiger partial charge is 0.496 e. The highest BCUT2D eigenvalue weighted by Gasteiger charge is 2.28. The molecule has 0 radical (unpaired) electrons. The molecule has 0 aliphatic heterocycles. The minimum Gasteiger partial charge on any atom is -0.496 e. The van der Waals surface area contributed by atoms with Gasteiger partial charge < -0.3 is 29.4 Å². The Bertz CT molecular complexity index is 597. The summed E-state index contributed by atoms with van der Waals surface area (Å²) in [5.41, 5.74) is -0.328.